The van der Waals surface area contributed by atoms with Crippen molar-refractivity contribution in [2.45, 2.75) is 6.54 Å². The zero-order chi connectivity index (χ0) is 12.1. The predicted molar refractivity (Wildman–Crippen MR) is 69.0 cm³/mol. The standard InChI is InChI=1S/C13H15N3O/c1-17-11-5-2-4-10(8-11)9-15-13-7-3-6-12(14)16-13/h2-8H,9H2,1H3,(H3,14,15,16). The van der Waals surface area contributed by atoms with Gasteiger partial charge in [0, 0.05) is 6.54 Å². The Balaban J connectivity index is 2.02. The molecule has 0 spiro atoms. The van der Waals surface area contributed by atoms with E-state index in [1.807, 2.05) is 36.4 Å². The number of methoxy groups -OCH3 is 1. The summed E-state index contributed by atoms with van der Waals surface area (Å²) in [6, 6.07) is 13.4. The number of nitrogens with two attached hydrogens (primary N) is 1. The molecular weight excluding hydrogens is 214 g/mol. The first-order valence-electron chi connectivity index (χ1n) is 5.37. The van der Waals surface area contributed by atoms with Gasteiger partial charge in [0.2, 0.25) is 0 Å². The van der Waals surface area contributed by atoms with E-state index in [-0.39, 0.29) is 0 Å². The highest BCUT2D eigenvalue weighted by Crippen LogP contribution is 2.14. The summed E-state index contributed by atoms with van der Waals surface area (Å²) in [6.45, 7) is 0.688. The largest absolute Gasteiger partial charge is 0.497 e. The molecule has 88 valence electrons. The lowest BCUT2D eigenvalue weighted by Gasteiger charge is -2.07. The Morgan fingerprint density at radius 3 is 2.82 bits per heavy atom. The van der Waals surface area contributed by atoms with E-state index in [2.05, 4.69) is 10.3 Å². The third kappa shape index (κ3) is 3.11. The Labute approximate surface area is 100 Å². The summed E-state index contributed by atoms with van der Waals surface area (Å²) >= 11 is 0. The number of ether oxygens (including phenoxy) is 1. The maximum absolute atomic E-state index is 5.60. The van der Waals surface area contributed by atoms with E-state index < -0.39 is 0 Å². The molecule has 17 heavy (non-hydrogen) atoms. The molecule has 3 N–H and O–H groups in total. The van der Waals surface area contributed by atoms with Crippen molar-refractivity contribution in [3.63, 3.8) is 0 Å². The van der Waals surface area contributed by atoms with Crippen LogP contribution in [0.15, 0.2) is 42.5 Å². The summed E-state index contributed by atoms with van der Waals surface area (Å²) in [5, 5.41) is 3.21. The van der Waals surface area contributed by atoms with Crippen LogP contribution in [0.1, 0.15) is 5.56 Å². The van der Waals surface area contributed by atoms with Gasteiger partial charge in [0.1, 0.15) is 17.4 Å². The van der Waals surface area contributed by atoms with Gasteiger partial charge >= 0.3 is 0 Å². The van der Waals surface area contributed by atoms with E-state index >= 15 is 0 Å². The van der Waals surface area contributed by atoms with Crippen LogP contribution in [-0.4, -0.2) is 12.1 Å². The molecule has 1 aromatic carbocycles. The van der Waals surface area contributed by atoms with E-state index in [0.29, 0.717) is 12.4 Å². The van der Waals surface area contributed by atoms with Crippen molar-refractivity contribution in [3.05, 3.63) is 48.0 Å². The Bertz CT molecular complexity index is 500. The molecule has 0 unspecified atom stereocenters. The maximum Gasteiger partial charge on any atom is 0.128 e. The molecule has 0 aliphatic heterocycles. The van der Waals surface area contributed by atoms with Crippen LogP contribution in [0.3, 0.4) is 0 Å². The Hall–Kier alpha value is -2.23. The molecule has 2 rings (SSSR count). The molecule has 0 aliphatic carbocycles. The fourth-order valence-electron chi connectivity index (χ4n) is 1.52. The van der Waals surface area contributed by atoms with Crippen LogP contribution in [-0.2, 0) is 6.54 Å². The monoisotopic (exact) mass is 229 g/mol. The number of nitrogens with zero attached hydrogens (tertiary/aromatic N) is 1. The number of hydrogen-bond donors (Lipinski definition) is 2. The van der Waals surface area contributed by atoms with Gasteiger partial charge in [-0.1, -0.05) is 18.2 Å². The lowest BCUT2D eigenvalue weighted by Crippen LogP contribution is -2.02. The second-order valence-corrected chi connectivity index (χ2v) is 3.65. The summed E-state index contributed by atoms with van der Waals surface area (Å²) in [6.07, 6.45) is 0. The Morgan fingerprint density at radius 2 is 2.06 bits per heavy atom. The second kappa shape index (κ2) is 5.21. The minimum Gasteiger partial charge on any atom is -0.497 e. The van der Waals surface area contributed by atoms with E-state index in [9.17, 15) is 0 Å². The summed E-state index contributed by atoms with van der Waals surface area (Å²) in [7, 11) is 1.66. The SMILES string of the molecule is COc1cccc(CNc2cccc(N)n2)c1. The van der Waals surface area contributed by atoms with Gasteiger partial charge < -0.3 is 15.8 Å². The smallest absolute Gasteiger partial charge is 0.128 e. The summed E-state index contributed by atoms with van der Waals surface area (Å²) < 4.78 is 5.16. The predicted octanol–water partition coefficient (Wildman–Crippen LogP) is 2.28. The zero-order valence-corrected chi connectivity index (χ0v) is 9.68. The van der Waals surface area contributed by atoms with E-state index in [0.717, 1.165) is 17.1 Å². The normalized spacial score (nSPS) is 9.94. The van der Waals surface area contributed by atoms with Crippen LogP contribution in [0.5, 0.6) is 5.75 Å². The Kier molecular flexibility index (Phi) is 3.45. The topological polar surface area (TPSA) is 60.2 Å². The fourth-order valence-corrected chi connectivity index (χ4v) is 1.52. The first-order valence-corrected chi connectivity index (χ1v) is 5.37. The van der Waals surface area contributed by atoms with Gasteiger partial charge in [-0.15, -0.1) is 0 Å². The van der Waals surface area contributed by atoms with Crippen molar-refractivity contribution in [2.24, 2.45) is 0 Å². The van der Waals surface area contributed by atoms with Gasteiger partial charge in [-0.3, -0.25) is 0 Å². The molecule has 0 saturated carbocycles. The number of aromatic nitrogens is 1. The van der Waals surface area contributed by atoms with Crippen LogP contribution in [0.4, 0.5) is 11.6 Å². The van der Waals surface area contributed by atoms with Crippen LogP contribution in [0.25, 0.3) is 0 Å². The minimum atomic E-state index is 0.514. The molecule has 0 saturated heterocycles. The van der Waals surface area contributed by atoms with Crippen molar-refractivity contribution < 1.29 is 4.74 Å². The molecule has 0 atom stereocenters. The highest BCUT2D eigenvalue weighted by atomic mass is 16.5. The third-order valence-corrected chi connectivity index (χ3v) is 2.38. The van der Waals surface area contributed by atoms with Crippen molar-refractivity contribution >= 4 is 11.6 Å². The van der Waals surface area contributed by atoms with Crippen LogP contribution >= 0.6 is 0 Å². The number of rotatable bonds is 4. The lowest BCUT2D eigenvalue weighted by atomic mass is 10.2. The highest BCUT2D eigenvalue weighted by molar-refractivity contribution is 5.43. The van der Waals surface area contributed by atoms with Crippen LogP contribution in [0.2, 0.25) is 0 Å². The maximum atomic E-state index is 5.60. The van der Waals surface area contributed by atoms with Gasteiger partial charge in [0.05, 0.1) is 7.11 Å². The van der Waals surface area contributed by atoms with Crippen molar-refractivity contribution in [2.75, 3.05) is 18.2 Å². The van der Waals surface area contributed by atoms with E-state index in [4.69, 9.17) is 10.5 Å². The zero-order valence-electron chi connectivity index (χ0n) is 9.68. The molecule has 4 nitrogen and oxygen atoms in total. The highest BCUT2D eigenvalue weighted by Gasteiger charge is 1.97. The van der Waals surface area contributed by atoms with Gasteiger partial charge in [-0.05, 0) is 29.8 Å². The van der Waals surface area contributed by atoms with Gasteiger partial charge in [0.15, 0.2) is 0 Å². The quantitative estimate of drug-likeness (QED) is 0.844. The van der Waals surface area contributed by atoms with Crippen LogP contribution < -0.4 is 15.8 Å². The van der Waals surface area contributed by atoms with Crippen LogP contribution in [0, 0.1) is 0 Å². The number of benzene rings is 1. The summed E-state index contributed by atoms with van der Waals surface area (Å²) in [5.74, 6) is 2.14. The summed E-state index contributed by atoms with van der Waals surface area (Å²) in [5.41, 5.74) is 6.74. The number of nitrogen functional groups attached to an aromatic ring is 1. The molecule has 1 aromatic heterocycles. The molecule has 4 heteroatoms. The third-order valence-electron chi connectivity index (χ3n) is 2.38. The molecule has 0 fully saturated rings. The molecule has 1 heterocycles. The minimum absolute atomic E-state index is 0.514. The number of nitrogens with one attached hydrogen (secondary N) is 1. The lowest BCUT2D eigenvalue weighted by molar-refractivity contribution is 0.414. The number of hydrogen-bond acceptors (Lipinski definition) is 4. The molecule has 0 amide bonds. The molecule has 0 aliphatic rings. The van der Waals surface area contributed by atoms with Crippen molar-refractivity contribution in [1.82, 2.24) is 4.98 Å². The summed E-state index contributed by atoms with van der Waals surface area (Å²) in [4.78, 5) is 4.17. The molecule has 2 aromatic rings. The van der Waals surface area contributed by atoms with E-state index in [1.165, 1.54) is 0 Å². The van der Waals surface area contributed by atoms with Gasteiger partial charge in [-0.2, -0.15) is 0 Å². The average molecular weight is 229 g/mol. The first-order chi connectivity index (χ1) is 8.28. The van der Waals surface area contributed by atoms with E-state index in [1.54, 1.807) is 13.2 Å². The van der Waals surface area contributed by atoms with Gasteiger partial charge in [-0.25, -0.2) is 4.98 Å². The van der Waals surface area contributed by atoms with Crippen molar-refractivity contribution in [1.29, 1.82) is 0 Å². The number of pyridine rings is 1. The molecule has 0 radical (unpaired) electrons. The molecular formula is C13H15N3O. The van der Waals surface area contributed by atoms with Gasteiger partial charge in [0.25, 0.3) is 0 Å². The van der Waals surface area contributed by atoms with Crippen molar-refractivity contribution in [3.8, 4) is 5.75 Å². The first kappa shape index (κ1) is 11.3. The average Bonchev–Trinajstić information content (AvgIpc) is 2.37. The Morgan fingerprint density at radius 1 is 1.24 bits per heavy atom. The fraction of sp³-hybridized carbons (Fsp3) is 0.154. The number of anilines is 2. The molecule has 0 bridgehead atoms. The second-order valence-electron chi connectivity index (χ2n) is 3.65.